The van der Waals surface area contributed by atoms with Crippen molar-refractivity contribution in [1.29, 1.82) is 0 Å². The number of hydrogen-bond acceptors (Lipinski definition) is 11. The molecule has 3 saturated heterocycles. The summed E-state index contributed by atoms with van der Waals surface area (Å²) in [5.41, 5.74) is 14.8. The molecule has 5 heterocycles. The number of methoxy groups -OCH3 is 1. The lowest BCUT2D eigenvalue weighted by Crippen LogP contribution is -2.55. The number of benzene rings is 3. The lowest BCUT2D eigenvalue weighted by molar-refractivity contribution is -0.134. The van der Waals surface area contributed by atoms with Crippen LogP contribution in [0.1, 0.15) is 29.9 Å². The molecule has 0 spiro atoms. The number of ether oxygens (including phenoxy) is 1. The Morgan fingerprint density at radius 3 is 2.37 bits per heavy atom. The van der Waals surface area contributed by atoms with Gasteiger partial charge in [-0.25, -0.2) is 15.0 Å². The van der Waals surface area contributed by atoms with Gasteiger partial charge in [0.25, 0.3) is 0 Å². The van der Waals surface area contributed by atoms with Crippen LogP contribution in [-0.2, 0) is 9.59 Å². The summed E-state index contributed by atoms with van der Waals surface area (Å²) in [4.78, 5) is 44.9. The van der Waals surface area contributed by atoms with Gasteiger partial charge < -0.3 is 25.6 Å². The third-order valence-corrected chi connectivity index (χ3v) is 10.7. The van der Waals surface area contributed by atoms with Crippen molar-refractivity contribution in [2.24, 2.45) is 5.92 Å². The molecule has 3 aliphatic heterocycles. The van der Waals surface area contributed by atoms with Crippen molar-refractivity contribution >= 4 is 51.4 Å². The quantitative estimate of drug-likeness (QED) is 0.177. The van der Waals surface area contributed by atoms with Crippen LogP contribution in [0.4, 0.5) is 28.7 Å². The molecule has 2 aromatic heterocycles. The van der Waals surface area contributed by atoms with Gasteiger partial charge in [-0.05, 0) is 72.5 Å². The van der Waals surface area contributed by atoms with Crippen molar-refractivity contribution in [1.82, 2.24) is 25.2 Å². The molecule has 4 N–H and O–H groups in total. The fourth-order valence-corrected chi connectivity index (χ4v) is 7.56. The molecule has 3 aromatic carbocycles. The lowest BCUT2D eigenvalue weighted by Gasteiger charge is -2.45. The Morgan fingerprint density at radius 2 is 1.63 bits per heavy atom. The smallest absolute Gasteiger partial charge is 0.237 e. The number of carbonyl (C=O) groups excluding carboxylic acids is 2. The lowest BCUT2D eigenvalue weighted by atomic mass is 9.90. The third kappa shape index (κ3) is 6.81. The molecule has 0 bridgehead atoms. The van der Waals surface area contributed by atoms with Crippen LogP contribution in [0.15, 0.2) is 79.1 Å². The summed E-state index contributed by atoms with van der Waals surface area (Å²) >= 11 is 0. The minimum Gasteiger partial charge on any atom is -0.480 e. The van der Waals surface area contributed by atoms with E-state index in [2.05, 4.69) is 71.7 Å². The van der Waals surface area contributed by atoms with Gasteiger partial charge in [0.15, 0.2) is 0 Å². The van der Waals surface area contributed by atoms with Gasteiger partial charge in [-0.3, -0.25) is 19.8 Å². The molecular weight excluding hydrogens is 654 g/mol. The molecule has 0 radical (unpaired) electrons. The van der Waals surface area contributed by atoms with Crippen LogP contribution in [0, 0.1) is 12.8 Å². The zero-order valence-corrected chi connectivity index (χ0v) is 29.5. The van der Waals surface area contributed by atoms with Crippen molar-refractivity contribution in [2.45, 2.75) is 25.7 Å². The summed E-state index contributed by atoms with van der Waals surface area (Å²) < 4.78 is 5.27. The summed E-state index contributed by atoms with van der Waals surface area (Å²) in [7, 11) is 1.57. The third-order valence-electron chi connectivity index (χ3n) is 10.7. The van der Waals surface area contributed by atoms with Crippen molar-refractivity contribution in [2.75, 3.05) is 73.8 Å². The molecule has 1 atom stereocenters. The molecule has 1 unspecified atom stereocenters. The van der Waals surface area contributed by atoms with Gasteiger partial charge in [0.05, 0.1) is 24.2 Å². The van der Waals surface area contributed by atoms with Crippen LogP contribution in [0.5, 0.6) is 5.88 Å². The Bertz CT molecular complexity index is 2110. The topological polar surface area (TPSA) is 142 Å². The summed E-state index contributed by atoms with van der Waals surface area (Å²) in [5, 5.41) is 6.78. The zero-order chi connectivity index (χ0) is 35.8. The normalized spacial score (nSPS) is 18.3. The van der Waals surface area contributed by atoms with E-state index < -0.39 is 0 Å². The Morgan fingerprint density at radius 1 is 0.904 bits per heavy atom. The molecule has 5 aromatic rings. The van der Waals surface area contributed by atoms with Crippen LogP contribution >= 0.6 is 0 Å². The average molecular weight is 698 g/mol. The predicted octanol–water partition coefficient (Wildman–Crippen LogP) is 5.11. The molecule has 0 aliphatic carbocycles. The Kier molecular flexibility index (Phi) is 9.06. The van der Waals surface area contributed by atoms with E-state index in [1.807, 2.05) is 43.5 Å². The van der Waals surface area contributed by atoms with Crippen molar-refractivity contribution in [3.8, 4) is 17.0 Å². The molecule has 3 fully saturated rings. The van der Waals surface area contributed by atoms with Crippen LogP contribution < -0.4 is 30.9 Å². The van der Waals surface area contributed by atoms with Crippen molar-refractivity contribution in [3.63, 3.8) is 0 Å². The number of nitrogens with one attached hydrogen (secondary N) is 2. The number of imide groups is 1. The minimum absolute atomic E-state index is 0.177. The van der Waals surface area contributed by atoms with Gasteiger partial charge in [-0.2, -0.15) is 0 Å². The number of amides is 2. The standard InChI is InChI=1S/C40H43N9O3/c1-25-34(21-42-39(52-2)37(25)41)28-3-4-29-20-43-40(45-35(29)19-28)44-30-7-11-32(12-8-30)49-23-26(24-49)22-47-15-17-48(18-16-47)31-9-5-27(6-10-31)33-13-14-36(50)46-38(33)51/h3-12,19-21,26,33H,13-18,22-24,41H2,1-2H3,(H,43,44,45)(H,46,50,51). The van der Waals surface area contributed by atoms with Gasteiger partial charge in [0, 0.05) is 98.6 Å². The summed E-state index contributed by atoms with van der Waals surface area (Å²) in [6.07, 6.45) is 4.59. The second kappa shape index (κ2) is 14.1. The summed E-state index contributed by atoms with van der Waals surface area (Å²) in [6.45, 7) is 9.24. The molecule has 266 valence electrons. The number of rotatable bonds is 9. The van der Waals surface area contributed by atoms with E-state index >= 15 is 0 Å². The van der Waals surface area contributed by atoms with Gasteiger partial charge in [-0.15, -0.1) is 0 Å². The minimum atomic E-state index is -0.240. The Hall–Kier alpha value is -5.75. The number of aromatic nitrogens is 3. The van der Waals surface area contributed by atoms with Gasteiger partial charge in [0.2, 0.25) is 23.6 Å². The Labute approximate surface area is 303 Å². The summed E-state index contributed by atoms with van der Waals surface area (Å²) in [6, 6.07) is 22.9. The zero-order valence-electron chi connectivity index (χ0n) is 29.5. The summed E-state index contributed by atoms with van der Waals surface area (Å²) in [5.74, 6) is 1.02. The SMILES string of the molecule is COc1ncc(-c2ccc3cnc(Nc4ccc(N5CC(CN6CCN(c7ccc(C8CCC(=O)NC8=O)cc7)CC6)C5)cc4)nc3c2)c(C)c1N. The van der Waals surface area contributed by atoms with Crippen LogP contribution in [-0.4, -0.2) is 84.6 Å². The number of carbonyl (C=O) groups is 2. The van der Waals surface area contributed by atoms with Gasteiger partial charge in [0.1, 0.15) is 0 Å². The van der Waals surface area contributed by atoms with Crippen molar-refractivity contribution < 1.29 is 14.3 Å². The van der Waals surface area contributed by atoms with E-state index in [4.69, 9.17) is 15.5 Å². The molecule has 0 saturated carbocycles. The highest BCUT2D eigenvalue weighted by Gasteiger charge is 2.31. The number of hydrogen-bond donors (Lipinski definition) is 3. The first-order chi connectivity index (χ1) is 25.3. The van der Waals surface area contributed by atoms with E-state index in [-0.39, 0.29) is 17.7 Å². The average Bonchev–Trinajstić information content (AvgIpc) is 3.15. The van der Waals surface area contributed by atoms with Crippen molar-refractivity contribution in [3.05, 3.63) is 90.3 Å². The number of piperazine rings is 1. The highest BCUT2D eigenvalue weighted by atomic mass is 16.5. The number of nitrogens with two attached hydrogens (primary N) is 1. The van der Waals surface area contributed by atoms with Gasteiger partial charge in [-0.1, -0.05) is 24.3 Å². The van der Waals surface area contributed by atoms with E-state index in [0.717, 1.165) is 84.7 Å². The fraction of sp³-hybridized carbons (Fsp3) is 0.325. The second-order valence-corrected chi connectivity index (χ2v) is 14.0. The monoisotopic (exact) mass is 697 g/mol. The Balaban J connectivity index is 0.811. The molecule has 12 nitrogen and oxygen atoms in total. The van der Waals surface area contributed by atoms with Crippen LogP contribution in [0.2, 0.25) is 0 Å². The first-order valence-electron chi connectivity index (χ1n) is 17.9. The molecule has 52 heavy (non-hydrogen) atoms. The van der Waals surface area contributed by atoms with E-state index in [1.165, 1.54) is 11.4 Å². The van der Waals surface area contributed by atoms with E-state index in [1.54, 1.807) is 13.3 Å². The number of fused-ring (bicyclic) bond motifs is 1. The molecular formula is C40H43N9O3. The molecule has 12 heteroatoms. The molecule has 2 amide bonds. The molecule has 8 rings (SSSR count). The first kappa shape index (κ1) is 33.4. The maximum absolute atomic E-state index is 12.3. The number of anilines is 5. The maximum atomic E-state index is 12.3. The number of piperidine rings is 1. The van der Waals surface area contributed by atoms with E-state index in [9.17, 15) is 9.59 Å². The largest absolute Gasteiger partial charge is 0.480 e. The predicted molar refractivity (Wildman–Crippen MR) is 204 cm³/mol. The number of nitrogens with zero attached hydrogens (tertiary/aromatic N) is 6. The van der Waals surface area contributed by atoms with E-state index in [0.29, 0.717) is 36.3 Å². The number of pyridine rings is 1. The second-order valence-electron chi connectivity index (χ2n) is 14.0. The van der Waals surface area contributed by atoms with Crippen LogP contribution in [0.3, 0.4) is 0 Å². The van der Waals surface area contributed by atoms with Gasteiger partial charge >= 0.3 is 0 Å². The first-order valence-corrected chi connectivity index (χ1v) is 17.9. The molecule has 3 aliphatic rings. The maximum Gasteiger partial charge on any atom is 0.237 e. The highest BCUT2D eigenvalue weighted by Crippen LogP contribution is 2.33. The fourth-order valence-electron chi connectivity index (χ4n) is 7.56. The van der Waals surface area contributed by atoms with Crippen LogP contribution in [0.25, 0.3) is 22.0 Å². The highest BCUT2D eigenvalue weighted by molar-refractivity contribution is 6.01. The number of nitrogen functional groups attached to an aromatic ring is 1.